The van der Waals surface area contributed by atoms with Gasteiger partial charge in [0.2, 0.25) is 5.95 Å². The fourth-order valence-corrected chi connectivity index (χ4v) is 3.96. The number of likely N-dealkylation sites (N-methyl/N-ethyl adjacent to an activating group) is 1. The molecule has 0 aliphatic carbocycles. The van der Waals surface area contributed by atoms with Crippen molar-refractivity contribution in [1.82, 2.24) is 14.9 Å². The van der Waals surface area contributed by atoms with Crippen LogP contribution in [-0.4, -0.2) is 48.1 Å². The Morgan fingerprint density at radius 3 is 2.66 bits per heavy atom. The second kappa shape index (κ2) is 10.2. The molecule has 2 aromatic heterocycles. The normalized spacial score (nSPS) is 12.1. The van der Waals surface area contributed by atoms with Gasteiger partial charge >= 0.3 is 0 Å². The summed E-state index contributed by atoms with van der Waals surface area (Å²) >= 11 is 1.65. The van der Waals surface area contributed by atoms with Gasteiger partial charge in [-0.15, -0.1) is 6.58 Å². The molecule has 0 spiro atoms. The Morgan fingerprint density at radius 2 is 2.00 bits per heavy atom. The molecule has 0 aliphatic heterocycles. The van der Waals surface area contributed by atoms with Gasteiger partial charge < -0.3 is 9.80 Å². The van der Waals surface area contributed by atoms with Crippen LogP contribution in [0.15, 0.2) is 70.7 Å². The number of rotatable bonds is 10. The lowest BCUT2D eigenvalue weighted by Crippen LogP contribution is -2.43. The molecule has 6 heteroatoms. The molecule has 1 N–H and O–H groups in total. The highest BCUT2D eigenvalue weighted by Crippen LogP contribution is 2.15. The molecule has 0 amide bonds. The third-order valence-corrected chi connectivity index (χ3v) is 5.60. The topological polar surface area (TPSA) is 52.2 Å². The van der Waals surface area contributed by atoms with Gasteiger partial charge in [-0.05, 0) is 48.5 Å². The van der Waals surface area contributed by atoms with Crippen LogP contribution in [0.3, 0.4) is 0 Å². The summed E-state index contributed by atoms with van der Waals surface area (Å²) in [5, 5.41) is 4.13. The summed E-state index contributed by atoms with van der Waals surface area (Å²) in [5.74, 6) is 0.600. The zero-order valence-corrected chi connectivity index (χ0v) is 17.9. The Bertz CT molecular complexity index is 951. The number of H-pyrrole nitrogens is 1. The van der Waals surface area contributed by atoms with Gasteiger partial charge in [-0.1, -0.05) is 36.4 Å². The smallest absolute Gasteiger partial charge is 0.252 e. The van der Waals surface area contributed by atoms with Crippen molar-refractivity contribution in [2.45, 2.75) is 18.9 Å². The number of hydrogen-bond acceptors (Lipinski definition) is 5. The number of anilines is 1. The summed E-state index contributed by atoms with van der Waals surface area (Å²) in [4.78, 5) is 24.3. The first kappa shape index (κ1) is 21.0. The molecule has 29 heavy (non-hydrogen) atoms. The van der Waals surface area contributed by atoms with Gasteiger partial charge in [0.1, 0.15) is 0 Å². The van der Waals surface area contributed by atoms with Gasteiger partial charge in [0.25, 0.3) is 5.56 Å². The number of hydrogen-bond donors (Lipinski definition) is 1. The molecule has 1 aromatic carbocycles. The highest BCUT2D eigenvalue weighted by Gasteiger charge is 2.19. The highest BCUT2D eigenvalue weighted by atomic mass is 32.1. The molecule has 5 nitrogen and oxygen atoms in total. The van der Waals surface area contributed by atoms with Gasteiger partial charge in [-0.25, -0.2) is 4.98 Å². The van der Waals surface area contributed by atoms with E-state index in [1.165, 1.54) is 11.1 Å². The Kier molecular flexibility index (Phi) is 7.38. The largest absolute Gasteiger partial charge is 0.337 e. The number of thiophene rings is 1. The molecule has 1 unspecified atom stereocenters. The molecule has 0 radical (unpaired) electrons. The van der Waals surface area contributed by atoms with Gasteiger partial charge in [-0.2, -0.15) is 11.3 Å². The van der Waals surface area contributed by atoms with Crippen molar-refractivity contribution >= 4 is 17.3 Å². The molecule has 3 rings (SSSR count). The number of nitrogens with one attached hydrogen (secondary N) is 1. The molecule has 3 aromatic rings. The van der Waals surface area contributed by atoms with Crippen LogP contribution in [0.25, 0.3) is 0 Å². The lowest BCUT2D eigenvalue weighted by Gasteiger charge is -2.31. The van der Waals surface area contributed by atoms with E-state index in [-0.39, 0.29) is 11.6 Å². The minimum Gasteiger partial charge on any atom is -0.337 e. The van der Waals surface area contributed by atoms with Gasteiger partial charge in [-0.3, -0.25) is 9.78 Å². The van der Waals surface area contributed by atoms with Gasteiger partial charge in [0.05, 0.1) is 5.69 Å². The molecule has 0 saturated carbocycles. The van der Waals surface area contributed by atoms with Crippen molar-refractivity contribution in [2.24, 2.45) is 0 Å². The van der Waals surface area contributed by atoms with Crippen LogP contribution >= 0.6 is 11.3 Å². The van der Waals surface area contributed by atoms with Crippen LogP contribution in [0.1, 0.15) is 16.8 Å². The van der Waals surface area contributed by atoms with Crippen molar-refractivity contribution in [3.63, 3.8) is 0 Å². The first-order valence-electron chi connectivity index (χ1n) is 9.72. The Balaban J connectivity index is 1.83. The SMILES string of the molecule is C=CCN(CC(Cc1ccccc1)N(C)C)c1nc(Cc2ccsc2)cc(=O)[nH]1. The average Bonchev–Trinajstić information content (AvgIpc) is 3.20. The third-order valence-electron chi connectivity index (χ3n) is 4.87. The van der Waals surface area contributed by atoms with E-state index < -0.39 is 0 Å². The van der Waals surface area contributed by atoms with E-state index in [2.05, 4.69) is 71.2 Å². The van der Waals surface area contributed by atoms with Gasteiger partial charge in [0.15, 0.2) is 0 Å². The lowest BCUT2D eigenvalue weighted by molar-refractivity contribution is 0.293. The molecule has 0 fully saturated rings. The minimum absolute atomic E-state index is 0.126. The average molecular weight is 409 g/mol. The number of aromatic nitrogens is 2. The Labute approximate surface area is 176 Å². The second-order valence-electron chi connectivity index (χ2n) is 7.37. The third kappa shape index (κ3) is 6.14. The van der Waals surface area contributed by atoms with E-state index >= 15 is 0 Å². The molecule has 0 aliphatic rings. The summed E-state index contributed by atoms with van der Waals surface area (Å²) in [7, 11) is 4.17. The summed E-state index contributed by atoms with van der Waals surface area (Å²) in [5.41, 5.74) is 3.11. The quantitative estimate of drug-likeness (QED) is 0.521. The first-order valence-corrected chi connectivity index (χ1v) is 10.7. The standard InChI is InChI=1S/C23H28N4OS/c1-4-11-27(16-21(26(2)3)14-18-8-6-5-7-9-18)23-24-20(15-22(28)25-23)13-19-10-12-29-17-19/h4-10,12,15,17,21H,1,11,13-14,16H2,2-3H3,(H,24,25,28). The van der Waals surface area contributed by atoms with E-state index in [0.29, 0.717) is 18.9 Å². The monoisotopic (exact) mass is 408 g/mol. The van der Waals surface area contributed by atoms with E-state index in [4.69, 9.17) is 4.98 Å². The molecular formula is C23H28N4OS. The number of nitrogens with zero attached hydrogens (tertiary/aromatic N) is 3. The van der Waals surface area contributed by atoms with E-state index in [1.807, 2.05) is 17.5 Å². The maximum atomic E-state index is 12.3. The zero-order valence-electron chi connectivity index (χ0n) is 17.0. The first-order chi connectivity index (χ1) is 14.0. The maximum Gasteiger partial charge on any atom is 0.252 e. The van der Waals surface area contributed by atoms with Crippen molar-refractivity contribution in [3.8, 4) is 0 Å². The predicted molar refractivity (Wildman–Crippen MR) is 122 cm³/mol. The van der Waals surface area contributed by atoms with Crippen LogP contribution in [-0.2, 0) is 12.8 Å². The van der Waals surface area contributed by atoms with E-state index in [1.54, 1.807) is 17.4 Å². The van der Waals surface area contributed by atoms with Crippen LogP contribution in [0.2, 0.25) is 0 Å². The van der Waals surface area contributed by atoms with E-state index in [9.17, 15) is 4.79 Å². The fourth-order valence-electron chi connectivity index (χ4n) is 3.29. The summed E-state index contributed by atoms with van der Waals surface area (Å²) in [6.45, 7) is 5.24. The van der Waals surface area contributed by atoms with E-state index in [0.717, 1.165) is 18.7 Å². The van der Waals surface area contributed by atoms with Crippen LogP contribution in [0, 0.1) is 0 Å². The summed E-state index contributed by atoms with van der Waals surface area (Å²) < 4.78 is 0. The fraction of sp³-hybridized carbons (Fsp3) is 0.304. The Hall–Kier alpha value is -2.70. The maximum absolute atomic E-state index is 12.3. The van der Waals surface area contributed by atoms with Crippen molar-refractivity contribution < 1.29 is 0 Å². The van der Waals surface area contributed by atoms with Crippen molar-refractivity contribution in [3.05, 3.63) is 93.1 Å². The summed E-state index contributed by atoms with van der Waals surface area (Å²) in [6.07, 6.45) is 3.42. The highest BCUT2D eigenvalue weighted by molar-refractivity contribution is 7.07. The summed E-state index contributed by atoms with van der Waals surface area (Å²) in [6, 6.07) is 14.4. The zero-order chi connectivity index (χ0) is 20.6. The number of aromatic amines is 1. The number of benzene rings is 1. The molecular weight excluding hydrogens is 380 g/mol. The molecule has 152 valence electrons. The van der Waals surface area contributed by atoms with Crippen LogP contribution < -0.4 is 10.5 Å². The molecule has 0 saturated heterocycles. The molecule has 0 bridgehead atoms. The van der Waals surface area contributed by atoms with Crippen LogP contribution in [0.5, 0.6) is 0 Å². The predicted octanol–water partition coefficient (Wildman–Crippen LogP) is 3.59. The molecule has 1 atom stereocenters. The minimum atomic E-state index is -0.126. The second-order valence-corrected chi connectivity index (χ2v) is 8.15. The molecule has 2 heterocycles. The van der Waals surface area contributed by atoms with Gasteiger partial charge in [0, 0.05) is 31.6 Å². The Morgan fingerprint density at radius 1 is 1.21 bits per heavy atom. The lowest BCUT2D eigenvalue weighted by atomic mass is 10.0. The van der Waals surface area contributed by atoms with Crippen molar-refractivity contribution in [1.29, 1.82) is 0 Å². The van der Waals surface area contributed by atoms with Crippen molar-refractivity contribution in [2.75, 3.05) is 32.1 Å². The van der Waals surface area contributed by atoms with Crippen LogP contribution in [0.4, 0.5) is 5.95 Å².